The number of anilines is 1. The van der Waals surface area contributed by atoms with E-state index in [0.29, 0.717) is 17.0 Å². The average Bonchev–Trinajstić information content (AvgIpc) is 2.53. The number of amides is 1. The number of hydrogen-bond acceptors (Lipinski definition) is 5. The minimum absolute atomic E-state index is 0.276. The van der Waals surface area contributed by atoms with Crippen LogP contribution in [0.1, 0.15) is 38.1 Å². The highest BCUT2D eigenvalue weighted by Crippen LogP contribution is 2.40. The molecule has 0 aromatic heterocycles. The van der Waals surface area contributed by atoms with E-state index in [9.17, 15) is 14.4 Å². The third-order valence-electron chi connectivity index (χ3n) is 3.89. The number of methoxy groups -OCH3 is 1. The third-order valence-corrected chi connectivity index (χ3v) is 4.09. The van der Waals surface area contributed by atoms with Crippen LogP contribution in [0.15, 0.2) is 18.2 Å². The van der Waals surface area contributed by atoms with Crippen LogP contribution < -0.4 is 9.64 Å². The molecule has 0 N–H and O–H groups in total. The number of halogens is 1. The zero-order chi connectivity index (χ0) is 18.2. The lowest BCUT2D eigenvalue weighted by atomic mass is 9.99. The Morgan fingerprint density at radius 2 is 1.92 bits per heavy atom. The molecule has 0 bridgehead atoms. The maximum Gasteiger partial charge on any atom is 0.328 e. The second kappa shape index (κ2) is 6.43. The number of carbonyl (C=O) groups is 3. The first-order chi connectivity index (χ1) is 11.1. The molecular weight excluding hydrogens is 334 g/mol. The number of hydrogen-bond donors (Lipinski definition) is 0. The number of ether oxygens (including phenoxy) is 2. The van der Waals surface area contributed by atoms with Crippen molar-refractivity contribution in [1.82, 2.24) is 0 Å². The van der Waals surface area contributed by atoms with Crippen LogP contribution in [0.2, 0.25) is 0 Å². The van der Waals surface area contributed by atoms with Gasteiger partial charge in [-0.3, -0.25) is 14.5 Å². The van der Waals surface area contributed by atoms with E-state index in [2.05, 4.69) is 0 Å². The summed E-state index contributed by atoms with van der Waals surface area (Å²) in [5.41, 5.74) is -0.449. The molecule has 2 rings (SSSR count). The topological polar surface area (TPSA) is 72.9 Å². The van der Waals surface area contributed by atoms with Crippen LogP contribution in [0, 0.1) is 0 Å². The number of Topliss-reactive ketones (excluding diaryl/α,β-unsaturated/α-hetero) is 1. The quantitative estimate of drug-likeness (QED) is 0.472. The Morgan fingerprint density at radius 3 is 2.46 bits per heavy atom. The minimum Gasteiger partial charge on any atom is -0.476 e. The molecule has 24 heavy (non-hydrogen) atoms. The van der Waals surface area contributed by atoms with Gasteiger partial charge in [-0.15, -0.1) is 11.6 Å². The van der Waals surface area contributed by atoms with E-state index in [1.807, 2.05) is 0 Å². The van der Waals surface area contributed by atoms with Gasteiger partial charge < -0.3 is 9.47 Å². The van der Waals surface area contributed by atoms with Crippen LogP contribution in [0.5, 0.6) is 5.75 Å². The molecule has 6 nitrogen and oxygen atoms in total. The molecule has 0 aliphatic carbocycles. The number of alkyl halides is 1. The average molecular weight is 354 g/mol. The molecule has 1 aromatic carbocycles. The van der Waals surface area contributed by atoms with E-state index >= 15 is 0 Å². The molecule has 2 unspecified atom stereocenters. The SMILES string of the molecule is COC(=O)C(C)N1C(=O)C(C)(C)Oc2ccc(C(=O)C(C)Cl)cc21. The summed E-state index contributed by atoms with van der Waals surface area (Å²) in [5.74, 6) is -0.817. The maximum absolute atomic E-state index is 12.8. The Kier molecular flexibility index (Phi) is 4.90. The van der Waals surface area contributed by atoms with Gasteiger partial charge in [0.1, 0.15) is 11.8 Å². The van der Waals surface area contributed by atoms with E-state index in [0.717, 1.165) is 0 Å². The van der Waals surface area contributed by atoms with Crippen molar-refractivity contribution >= 4 is 34.9 Å². The van der Waals surface area contributed by atoms with Gasteiger partial charge in [0.15, 0.2) is 11.4 Å². The van der Waals surface area contributed by atoms with Crippen LogP contribution in [0.25, 0.3) is 0 Å². The number of nitrogens with zero attached hydrogens (tertiary/aromatic N) is 1. The first kappa shape index (κ1) is 18.3. The Labute approximate surface area is 145 Å². The van der Waals surface area contributed by atoms with Gasteiger partial charge in [0.2, 0.25) is 0 Å². The van der Waals surface area contributed by atoms with Crippen molar-refractivity contribution in [3.63, 3.8) is 0 Å². The molecule has 1 heterocycles. The second-order valence-corrected chi connectivity index (χ2v) is 6.80. The van der Waals surface area contributed by atoms with Gasteiger partial charge in [0.05, 0.1) is 18.2 Å². The molecule has 7 heteroatoms. The number of fused-ring (bicyclic) bond motifs is 1. The molecule has 0 fully saturated rings. The standard InChI is InChI=1S/C17H20ClNO5/c1-9(18)14(20)11-6-7-13-12(8-11)19(10(2)15(21)23-5)16(22)17(3,4)24-13/h6-10H,1-5H3. The van der Waals surface area contributed by atoms with Crippen molar-refractivity contribution < 1.29 is 23.9 Å². The van der Waals surface area contributed by atoms with E-state index in [-0.39, 0.29) is 5.78 Å². The fourth-order valence-electron chi connectivity index (χ4n) is 2.55. The predicted octanol–water partition coefficient (Wildman–Crippen LogP) is 2.56. The van der Waals surface area contributed by atoms with E-state index < -0.39 is 28.9 Å². The summed E-state index contributed by atoms with van der Waals surface area (Å²) in [4.78, 5) is 38.2. The van der Waals surface area contributed by atoms with Crippen molar-refractivity contribution in [1.29, 1.82) is 0 Å². The highest BCUT2D eigenvalue weighted by atomic mass is 35.5. The summed E-state index contributed by atoms with van der Waals surface area (Å²) in [6.07, 6.45) is 0. The molecule has 1 aromatic rings. The Balaban J connectivity index is 2.59. The smallest absolute Gasteiger partial charge is 0.328 e. The fourth-order valence-corrected chi connectivity index (χ4v) is 2.68. The summed E-state index contributed by atoms with van der Waals surface area (Å²) in [5, 5.41) is -0.703. The number of benzene rings is 1. The van der Waals surface area contributed by atoms with Crippen LogP contribution in [-0.2, 0) is 14.3 Å². The second-order valence-electron chi connectivity index (χ2n) is 6.15. The van der Waals surface area contributed by atoms with Gasteiger partial charge in [0, 0.05) is 5.56 Å². The first-order valence-corrected chi connectivity index (χ1v) is 7.96. The lowest BCUT2D eigenvalue weighted by Crippen LogP contribution is -2.57. The normalized spacial score (nSPS) is 18.2. The molecule has 1 amide bonds. The molecule has 130 valence electrons. The van der Waals surface area contributed by atoms with E-state index in [1.165, 1.54) is 18.1 Å². The highest BCUT2D eigenvalue weighted by molar-refractivity contribution is 6.33. The number of carbonyl (C=O) groups excluding carboxylic acids is 3. The van der Waals surface area contributed by atoms with Crippen LogP contribution in [-0.4, -0.2) is 41.8 Å². The summed E-state index contributed by atoms with van der Waals surface area (Å²) in [6, 6.07) is 3.85. The summed E-state index contributed by atoms with van der Waals surface area (Å²) < 4.78 is 10.5. The zero-order valence-corrected chi connectivity index (χ0v) is 15.0. The van der Waals surface area contributed by atoms with Crippen molar-refractivity contribution in [2.45, 2.75) is 44.7 Å². The highest BCUT2D eigenvalue weighted by Gasteiger charge is 2.44. The minimum atomic E-state index is -1.14. The van der Waals surface area contributed by atoms with Gasteiger partial charge >= 0.3 is 5.97 Å². The van der Waals surface area contributed by atoms with Crippen LogP contribution in [0.4, 0.5) is 5.69 Å². The lowest BCUT2D eigenvalue weighted by molar-refractivity contribution is -0.145. The summed E-state index contributed by atoms with van der Waals surface area (Å²) in [7, 11) is 1.25. The first-order valence-electron chi connectivity index (χ1n) is 7.53. The molecule has 0 spiro atoms. The van der Waals surface area contributed by atoms with Gasteiger partial charge in [-0.1, -0.05) is 0 Å². The van der Waals surface area contributed by atoms with Gasteiger partial charge in [-0.25, -0.2) is 4.79 Å². The summed E-state index contributed by atoms with van der Waals surface area (Å²) in [6.45, 7) is 6.38. The fraction of sp³-hybridized carbons (Fsp3) is 0.471. The molecule has 1 aliphatic rings. The monoisotopic (exact) mass is 353 g/mol. The number of ketones is 1. The van der Waals surface area contributed by atoms with E-state index in [4.69, 9.17) is 21.1 Å². The lowest BCUT2D eigenvalue weighted by Gasteiger charge is -2.40. The third kappa shape index (κ3) is 3.11. The van der Waals surface area contributed by atoms with Crippen molar-refractivity contribution in [2.75, 3.05) is 12.0 Å². The molecule has 1 aliphatic heterocycles. The molecule has 0 saturated heterocycles. The largest absolute Gasteiger partial charge is 0.476 e. The van der Waals surface area contributed by atoms with Crippen LogP contribution >= 0.6 is 11.6 Å². The maximum atomic E-state index is 12.8. The zero-order valence-electron chi connectivity index (χ0n) is 14.3. The van der Waals surface area contributed by atoms with Crippen molar-refractivity contribution in [3.8, 4) is 5.75 Å². The van der Waals surface area contributed by atoms with Gasteiger partial charge in [0.25, 0.3) is 5.91 Å². The Morgan fingerprint density at radius 1 is 1.29 bits per heavy atom. The molecule has 0 saturated carbocycles. The Hall–Kier alpha value is -2.08. The van der Waals surface area contributed by atoms with Gasteiger partial charge in [-0.05, 0) is 45.9 Å². The number of esters is 1. The van der Waals surface area contributed by atoms with Crippen LogP contribution in [0.3, 0.4) is 0 Å². The predicted molar refractivity (Wildman–Crippen MR) is 89.8 cm³/mol. The molecule has 0 radical (unpaired) electrons. The van der Waals surface area contributed by atoms with Gasteiger partial charge in [-0.2, -0.15) is 0 Å². The van der Waals surface area contributed by atoms with Crippen molar-refractivity contribution in [3.05, 3.63) is 23.8 Å². The van der Waals surface area contributed by atoms with Crippen molar-refractivity contribution in [2.24, 2.45) is 0 Å². The molecule has 2 atom stereocenters. The van der Waals surface area contributed by atoms with E-state index in [1.54, 1.807) is 39.8 Å². The summed E-state index contributed by atoms with van der Waals surface area (Å²) >= 11 is 5.86. The molecular formula is C17H20ClNO5. The Bertz CT molecular complexity index is 698. The number of rotatable bonds is 4.